The fourth-order valence-corrected chi connectivity index (χ4v) is 6.97. The number of piperazine rings is 1. The Labute approximate surface area is 230 Å². The summed E-state index contributed by atoms with van der Waals surface area (Å²) in [6.07, 6.45) is 0. The summed E-state index contributed by atoms with van der Waals surface area (Å²) in [6.45, 7) is 8.97. The Morgan fingerprint density at radius 2 is 1.51 bits per heavy atom. The molecule has 3 aromatic carbocycles. The summed E-state index contributed by atoms with van der Waals surface area (Å²) in [7, 11) is -2.02. The van der Waals surface area contributed by atoms with E-state index in [2.05, 4.69) is 4.90 Å². The van der Waals surface area contributed by atoms with Gasteiger partial charge in [-0.25, -0.2) is 12.8 Å². The van der Waals surface area contributed by atoms with E-state index >= 15 is 0 Å². The molecule has 0 radical (unpaired) electrons. The summed E-state index contributed by atoms with van der Waals surface area (Å²) in [6, 6.07) is 16.9. The first-order valence-corrected chi connectivity index (χ1v) is 14.5. The SMILES string of the molecule is COc1ccc(C(=O)N(CCN2CCN(S(=O)(=O)c3c(C)cc(C)cc3C)CC2)Cc2ccc(F)cc2)cc1. The maximum Gasteiger partial charge on any atom is 0.254 e. The molecule has 0 atom stereocenters. The molecule has 0 unspecified atom stereocenters. The maximum absolute atomic E-state index is 13.5. The molecular weight excluding hydrogens is 517 g/mol. The Bertz CT molecular complexity index is 1380. The Morgan fingerprint density at radius 1 is 0.923 bits per heavy atom. The summed E-state index contributed by atoms with van der Waals surface area (Å²) in [4.78, 5) is 17.7. The number of sulfonamides is 1. The second kappa shape index (κ2) is 12.3. The number of hydrogen-bond acceptors (Lipinski definition) is 5. The number of carbonyl (C=O) groups is 1. The topological polar surface area (TPSA) is 70.2 Å². The third kappa shape index (κ3) is 6.84. The van der Waals surface area contributed by atoms with Crippen LogP contribution in [0.15, 0.2) is 65.6 Å². The van der Waals surface area contributed by atoms with Crippen LogP contribution in [0, 0.1) is 26.6 Å². The van der Waals surface area contributed by atoms with Crippen molar-refractivity contribution in [2.75, 3.05) is 46.4 Å². The van der Waals surface area contributed by atoms with Crippen LogP contribution in [0.2, 0.25) is 0 Å². The van der Waals surface area contributed by atoms with Crippen molar-refractivity contribution in [3.05, 3.63) is 94.3 Å². The lowest BCUT2D eigenvalue weighted by molar-refractivity contribution is 0.0710. The van der Waals surface area contributed by atoms with Crippen molar-refractivity contribution >= 4 is 15.9 Å². The Kier molecular flexibility index (Phi) is 9.04. The smallest absolute Gasteiger partial charge is 0.254 e. The molecule has 0 saturated carbocycles. The van der Waals surface area contributed by atoms with Crippen LogP contribution in [-0.4, -0.2) is 74.8 Å². The van der Waals surface area contributed by atoms with E-state index < -0.39 is 10.0 Å². The van der Waals surface area contributed by atoms with Gasteiger partial charge >= 0.3 is 0 Å². The quantitative estimate of drug-likeness (QED) is 0.393. The minimum Gasteiger partial charge on any atom is -0.497 e. The lowest BCUT2D eigenvalue weighted by Gasteiger charge is -2.35. The van der Waals surface area contributed by atoms with E-state index in [9.17, 15) is 17.6 Å². The minimum absolute atomic E-state index is 0.131. The van der Waals surface area contributed by atoms with Gasteiger partial charge in [-0.1, -0.05) is 29.8 Å². The number of amides is 1. The van der Waals surface area contributed by atoms with Gasteiger partial charge in [0.1, 0.15) is 11.6 Å². The van der Waals surface area contributed by atoms with E-state index in [1.165, 1.54) is 12.1 Å². The molecule has 0 aromatic heterocycles. The van der Waals surface area contributed by atoms with Crippen molar-refractivity contribution in [1.82, 2.24) is 14.1 Å². The van der Waals surface area contributed by atoms with Gasteiger partial charge in [-0.3, -0.25) is 9.69 Å². The van der Waals surface area contributed by atoms with Crippen molar-refractivity contribution < 1.29 is 22.3 Å². The standard InChI is InChI=1S/C30H36FN3O4S/c1-22-19-23(2)29(24(3)20-22)39(36,37)34-17-14-32(15-18-34)13-16-33(21-25-5-9-27(31)10-6-25)30(35)26-7-11-28(38-4)12-8-26/h5-12,19-20H,13-18,21H2,1-4H3. The fourth-order valence-electron chi connectivity index (χ4n) is 5.14. The normalized spacial score (nSPS) is 14.8. The van der Waals surface area contributed by atoms with Crippen LogP contribution in [0.5, 0.6) is 5.75 Å². The second-order valence-corrected chi connectivity index (χ2v) is 11.9. The molecule has 39 heavy (non-hydrogen) atoms. The number of rotatable bonds is 9. The highest BCUT2D eigenvalue weighted by Gasteiger charge is 2.31. The highest BCUT2D eigenvalue weighted by Crippen LogP contribution is 2.26. The van der Waals surface area contributed by atoms with Crippen molar-refractivity contribution in [2.45, 2.75) is 32.2 Å². The first-order chi connectivity index (χ1) is 18.6. The van der Waals surface area contributed by atoms with E-state index in [4.69, 9.17) is 4.74 Å². The minimum atomic E-state index is -3.59. The van der Waals surface area contributed by atoms with Crippen LogP contribution < -0.4 is 4.74 Å². The molecule has 208 valence electrons. The molecule has 0 aliphatic carbocycles. The number of nitrogens with zero attached hydrogens (tertiary/aromatic N) is 3. The molecular formula is C30H36FN3O4S. The van der Waals surface area contributed by atoms with Gasteiger partial charge in [0.15, 0.2) is 0 Å². The van der Waals surface area contributed by atoms with Crippen molar-refractivity contribution in [1.29, 1.82) is 0 Å². The lowest BCUT2D eigenvalue weighted by atomic mass is 10.1. The average Bonchev–Trinajstić information content (AvgIpc) is 2.91. The Balaban J connectivity index is 1.42. The van der Waals surface area contributed by atoms with Gasteiger partial charge in [-0.15, -0.1) is 0 Å². The number of halogens is 1. The molecule has 1 aliphatic heterocycles. The van der Waals surface area contributed by atoms with Gasteiger partial charge in [0.25, 0.3) is 5.91 Å². The number of benzene rings is 3. The van der Waals surface area contributed by atoms with Gasteiger partial charge < -0.3 is 9.64 Å². The second-order valence-electron chi connectivity index (χ2n) is 10.1. The summed E-state index contributed by atoms with van der Waals surface area (Å²) < 4.78 is 47.1. The molecule has 1 saturated heterocycles. The molecule has 1 fully saturated rings. The first kappa shape index (κ1) is 28.7. The molecule has 0 bridgehead atoms. The van der Waals surface area contributed by atoms with Crippen LogP contribution in [0.3, 0.4) is 0 Å². The number of hydrogen-bond donors (Lipinski definition) is 0. The number of carbonyl (C=O) groups excluding carboxylic acids is 1. The zero-order chi connectivity index (χ0) is 28.2. The number of aryl methyl sites for hydroxylation is 3. The number of methoxy groups -OCH3 is 1. The predicted octanol–water partition coefficient (Wildman–Crippen LogP) is 4.41. The molecule has 1 aliphatic rings. The van der Waals surface area contributed by atoms with E-state index in [0.717, 1.165) is 22.3 Å². The van der Waals surface area contributed by atoms with Crippen LogP contribution in [-0.2, 0) is 16.6 Å². The molecule has 0 N–H and O–H groups in total. The fraction of sp³-hybridized carbons (Fsp3) is 0.367. The van der Waals surface area contributed by atoms with Crippen LogP contribution >= 0.6 is 0 Å². The summed E-state index contributed by atoms with van der Waals surface area (Å²) >= 11 is 0. The van der Waals surface area contributed by atoms with Crippen molar-refractivity contribution in [3.8, 4) is 5.75 Å². The first-order valence-electron chi connectivity index (χ1n) is 13.1. The van der Waals surface area contributed by atoms with Crippen LogP contribution in [0.1, 0.15) is 32.6 Å². The molecule has 0 spiro atoms. The summed E-state index contributed by atoms with van der Waals surface area (Å²) in [5.41, 5.74) is 3.95. The summed E-state index contributed by atoms with van der Waals surface area (Å²) in [5.74, 6) is 0.213. The highest BCUT2D eigenvalue weighted by atomic mass is 32.2. The van der Waals surface area contributed by atoms with E-state index in [-0.39, 0.29) is 11.7 Å². The van der Waals surface area contributed by atoms with Gasteiger partial charge in [-0.2, -0.15) is 4.31 Å². The molecule has 7 nitrogen and oxygen atoms in total. The monoisotopic (exact) mass is 553 g/mol. The average molecular weight is 554 g/mol. The largest absolute Gasteiger partial charge is 0.497 e. The predicted molar refractivity (Wildman–Crippen MR) is 150 cm³/mol. The molecule has 3 aromatic rings. The molecule has 4 rings (SSSR count). The van der Waals surface area contributed by atoms with Gasteiger partial charge in [0, 0.05) is 51.4 Å². The van der Waals surface area contributed by atoms with E-state index in [1.54, 1.807) is 52.7 Å². The van der Waals surface area contributed by atoms with Crippen molar-refractivity contribution in [3.63, 3.8) is 0 Å². The molecule has 1 amide bonds. The maximum atomic E-state index is 13.5. The lowest BCUT2D eigenvalue weighted by Crippen LogP contribution is -2.50. The van der Waals surface area contributed by atoms with E-state index in [0.29, 0.717) is 62.0 Å². The summed E-state index contributed by atoms with van der Waals surface area (Å²) in [5, 5.41) is 0. The van der Waals surface area contributed by atoms with Crippen molar-refractivity contribution in [2.24, 2.45) is 0 Å². The van der Waals surface area contributed by atoms with Crippen LogP contribution in [0.4, 0.5) is 4.39 Å². The Hall–Kier alpha value is -3.27. The third-order valence-corrected chi connectivity index (χ3v) is 9.34. The Morgan fingerprint density at radius 3 is 2.08 bits per heavy atom. The highest BCUT2D eigenvalue weighted by molar-refractivity contribution is 7.89. The van der Waals surface area contributed by atoms with Gasteiger partial charge in [-0.05, 0) is 73.9 Å². The zero-order valence-corrected chi connectivity index (χ0v) is 23.8. The third-order valence-electron chi connectivity index (χ3n) is 7.13. The van der Waals surface area contributed by atoms with E-state index in [1.807, 2.05) is 32.9 Å². The van der Waals surface area contributed by atoms with Gasteiger partial charge in [0.05, 0.1) is 12.0 Å². The van der Waals surface area contributed by atoms with Gasteiger partial charge in [0.2, 0.25) is 10.0 Å². The molecule has 1 heterocycles. The number of ether oxygens (including phenoxy) is 1. The molecule has 9 heteroatoms. The van der Waals surface area contributed by atoms with Crippen LogP contribution in [0.25, 0.3) is 0 Å². The zero-order valence-electron chi connectivity index (χ0n) is 23.0.